The first-order chi connectivity index (χ1) is 8.08. The van der Waals surface area contributed by atoms with Crippen molar-refractivity contribution >= 4 is 44.8 Å². The van der Waals surface area contributed by atoms with Crippen molar-refractivity contribution in [2.24, 2.45) is 0 Å². The van der Waals surface area contributed by atoms with E-state index in [4.69, 9.17) is 0 Å². The lowest BCUT2D eigenvalue weighted by Crippen LogP contribution is -2.38. The Bertz CT molecular complexity index is 471. The standard InChI is InChI=1S/C10H11IN2O3S/c11-8-1-2-9(10(7-8)13(14)15)12-3-5-17(16)6-4-12/h1-2,7H,3-6H2. The van der Waals surface area contributed by atoms with Gasteiger partial charge in [0.05, 0.1) is 4.92 Å². The van der Waals surface area contributed by atoms with Crippen molar-refractivity contribution in [3.63, 3.8) is 0 Å². The first-order valence-electron chi connectivity index (χ1n) is 5.12. The van der Waals surface area contributed by atoms with Gasteiger partial charge in [0, 0.05) is 45.0 Å². The molecule has 0 unspecified atom stereocenters. The van der Waals surface area contributed by atoms with Gasteiger partial charge in [0.1, 0.15) is 5.69 Å². The molecule has 1 aromatic rings. The number of rotatable bonds is 2. The molecular formula is C10H11IN2O3S. The maximum atomic E-state index is 11.3. The zero-order valence-corrected chi connectivity index (χ0v) is 11.9. The summed E-state index contributed by atoms with van der Waals surface area (Å²) in [6.45, 7) is 1.24. The summed E-state index contributed by atoms with van der Waals surface area (Å²) < 4.78 is 12.1. The largest absolute Gasteiger partial charge is 0.364 e. The highest BCUT2D eigenvalue weighted by Gasteiger charge is 2.23. The molecule has 0 aromatic heterocycles. The van der Waals surface area contributed by atoms with E-state index >= 15 is 0 Å². The van der Waals surface area contributed by atoms with Crippen LogP contribution in [0.5, 0.6) is 0 Å². The van der Waals surface area contributed by atoms with Crippen LogP contribution in [0.25, 0.3) is 0 Å². The van der Waals surface area contributed by atoms with Crippen LogP contribution in [-0.4, -0.2) is 33.7 Å². The molecule has 1 aromatic carbocycles. The lowest BCUT2D eigenvalue weighted by molar-refractivity contribution is -0.384. The summed E-state index contributed by atoms with van der Waals surface area (Å²) in [5.74, 6) is 1.17. The molecule has 0 amide bonds. The van der Waals surface area contributed by atoms with Crippen molar-refractivity contribution in [3.8, 4) is 0 Å². The first-order valence-corrected chi connectivity index (χ1v) is 7.68. The molecule has 0 aliphatic carbocycles. The van der Waals surface area contributed by atoms with Crippen molar-refractivity contribution in [1.29, 1.82) is 0 Å². The molecule has 1 heterocycles. The van der Waals surface area contributed by atoms with Crippen LogP contribution in [0.1, 0.15) is 0 Å². The topological polar surface area (TPSA) is 63.5 Å². The Morgan fingerprint density at radius 3 is 2.59 bits per heavy atom. The molecule has 0 saturated carbocycles. The number of hydrogen-bond acceptors (Lipinski definition) is 4. The molecule has 1 fully saturated rings. The van der Waals surface area contributed by atoms with Crippen LogP contribution in [0.4, 0.5) is 11.4 Å². The summed E-state index contributed by atoms with van der Waals surface area (Å²) >= 11 is 2.06. The fourth-order valence-electron chi connectivity index (χ4n) is 1.79. The van der Waals surface area contributed by atoms with Crippen LogP contribution in [0.2, 0.25) is 0 Å². The highest BCUT2D eigenvalue weighted by molar-refractivity contribution is 14.1. The second kappa shape index (κ2) is 5.30. The Kier molecular flexibility index (Phi) is 3.97. The van der Waals surface area contributed by atoms with Crippen LogP contribution in [0.3, 0.4) is 0 Å². The van der Waals surface area contributed by atoms with E-state index < -0.39 is 10.8 Å². The van der Waals surface area contributed by atoms with Crippen molar-refractivity contribution < 1.29 is 9.13 Å². The average Bonchev–Trinajstić information content (AvgIpc) is 2.30. The molecule has 1 aliphatic rings. The molecule has 7 heteroatoms. The second-order valence-electron chi connectivity index (χ2n) is 3.73. The van der Waals surface area contributed by atoms with Gasteiger partial charge >= 0.3 is 0 Å². The molecule has 92 valence electrons. The van der Waals surface area contributed by atoms with Crippen LogP contribution in [-0.2, 0) is 10.8 Å². The van der Waals surface area contributed by atoms with Gasteiger partial charge in [-0.2, -0.15) is 0 Å². The lowest BCUT2D eigenvalue weighted by atomic mass is 10.2. The molecule has 1 saturated heterocycles. The summed E-state index contributed by atoms with van der Waals surface area (Å²) in [6.07, 6.45) is 0. The number of nitrogens with zero attached hydrogens (tertiary/aromatic N) is 2. The number of anilines is 1. The number of hydrogen-bond donors (Lipinski definition) is 0. The van der Waals surface area contributed by atoms with Crippen molar-refractivity contribution in [2.75, 3.05) is 29.5 Å². The molecule has 17 heavy (non-hydrogen) atoms. The Morgan fingerprint density at radius 1 is 1.35 bits per heavy atom. The summed E-state index contributed by atoms with van der Waals surface area (Å²) in [5, 5.41) is 11.0. The summed E-state index contributed by atoms with van der Waals surface area (Å²) in [5.41, 5.74) is 0.761. The minimum absolute atomic E-state index is 0.129. The van der Waals surface area contributed by atoms with Gasteiger partial charge < -0.3 is 4.90 Å². The van der Waals surface area contributed by atoms with E-state index in [0.29, 0.717) is 30.3 Å². The van der Waals surface area contributed by atoms with E-state index in [-0.39, 0.29) is 10.6 Å². The van der Waals surface area contributed by atoms with Gasteiger partial charge in [-0.3, -0.25) is 14.3 Å². The number of halogens is 1. The Hall–Kier alpha value is -0.700. The predicted octanol–water partition coefficient (Wildman–Crippen LogP) is 1.77. The van der Waals surface area contributed by atoms with E-state index in [1.54, 1.807) is 12.1 Å². The smallest absolute Gasteiger partial charge is 0.293 e. The lowest BCUT2D eigenvalue weighted by Gasteiger charge is -2.27. The first kappa shape index (κ1) is 12.7. The fraction of sp³-hybridized carbons (Fsp3) is 0.400. The van der Waals surface area contributed by atoms with E-state index in [0.717, 1.165) is 3.57 Å². The third-order valence-electron chi connectivity index (χ3n) is 2.65. The molecule has 1 aliphatic heterocycles. The summed E-state index contributed by atoms with van der Waals surface area (Å²) in [6, 6.07) is 5.20. The molecular weight excluding hydrogens is 355 g/mol. The average molecular weight is 366 g/mol. The van der Waals surface area contributed by atoms with Crippen molar-refractivity contribution in [3.05, 3.63) is 31.9 Å². The maximum absolute atomic E-state index is 11.3. The number of benzene rings is 1. The quantitative estimate of drug-likeness (QED) is 0.455. The molecule has 0 radical (unpaired) electrons. The van der Waals surface area contributed by atoms with E-state index in [1.165, 1.54) is 0 Å². The summed E-state index contributed by atoms with van der Waals surface area (Å²) in [4.78, 5) is 12.6. The predicted molar refractivity (Wildman–Crippen MR) is 75.9 cm³/mol. The molecule has 5 nitrogen and oxygen atoms in total. The van der Waals surface area contributed by atoms with Crippen LogP contribution in [0.15, 0.2) is 18.2 Å². The van der Waals surface area contributed by atoms with Gasteiger partial charge in [-0.15, -0.1) is 0 Å². The molecule has 2 rings (SSSR count). The molecule has 0 atom stereocenters. The zero-order valence-electron chi connectivity index (χ0n) is 8.97. The van der Waals surface area contributed by atoms with Gasteiger partial charge in [-0.1, -0.05) is 0 Å². The van der Waals surface area contributed by atoms with Gasteiger partial charge in [-0.05, 0) is 34.7 Å². The van der Waals surface area contributed by atoms with E-state index in [2.05, 4.69) is 22.6 Å². The molecule has 0 N–H and O–H groups in total. The van der Waals surface area contributed by atoms with E-state index in [1.807, 2.05) is 11.0 Å². The Morgan fingerprint density at radius 2 is 2.00 bits per heavy atom. The minimum Gasteiger partial charge on any atom is -0.364 e. The highest BCUT2D eigenvalue weighted by atomic mass is 127. The summed E-state index contributed by atoms with van der Waals surface area (Å²) in [7, 11) is -0.769. The normalized spacial score (nSPS) is 17.1. The van der Waals surface area contributed by atoms with Gasteiger partial charge in [0.25, 0.3) is 5.69 Å². The third-order valence-corrected chi connectivity index (χ3v) is 4.60. The van der Waals surface area contributed by atoms with Crippen LogP contribution < -0.4 is 4.90 Å². The monoisotopic (exact) mass is 366 g/mol. The maximum Gasteiger partial charge on any atom is 0.293 e. The Labute approximate surface area is 115 Å². The molecule has 0 bridgehead atoms. The van der Waals surface area contributed by atoms with Crippen molar-refractivity contribution in [1.82, 2.24) is 0 Å². The number of nitro groups is 1. The van der Waals surface area contributed by atoms with Crippen LogP contribution in [0, 0.1) is 13.7 Å². The third kappa shape index (κ3) is 2.95. The SMILES string of the molecule is O=[N+]([O-])c1cc(I)ccc1N1CCS(=O)CC1. The number of nitro benzene ring substituents is 1. The van der Waals surface area contributed by atoms with Crippen molar-refractivity contribution in [2.45, 2.75) is 0 Å². The van der Waals surface area contributed by atoms with Gasteiger partial charge in [-0.25, -0.2) is 0 Å². The van der Waals surface area contributed by atoms with Crippen LogP contribution >= 0.6 is 22.6 Å². The van der Waals surface area contributed by atoms with E-state index in [9.17, 15) is 14.3 Å². The minimum atomic E-state index is -0.769. The van der Waals surface area contributed by atoms with Gasteiger partial charge in [0.2, 0.25) is 0 Å². The second-order valence-corrected chi connectivity index (χ2v) is 6.67. The Balaban J connectivity index is 2.31. The highest BCUT2D eigenvalue weighted by Crippen LogP contribution is 2.30. The zero-order chi connectivity index (χ0) is 12.4. The van der Waals surface area contributed by atoms with Gasteiger partial charge in [0.15, 0.2) is 0 Å². The molecule has 0 spiro atoms. The fourth-order valence-corrected chi connectivity index (χ4v) is 3.32.